The summed E-state index contributed by atoms with van der Waals surface area (Å²) in [5.74, 6) is 0. The fraction of sp³-hybridized carbons (Fsp3) is 0.188. The van der Waals surface area contributed by atoms with Gasteiger partial charge < -0.3 is 4.74 Å². The van der Waals surface area contributed by atoms with Crippen LogP contribution in [0.3, 0.4) is 0 Å². The quantitative estimate of drug-likeness (QED) is 0.834. The molecule has 0 fully saturated rings. The van der Waals surface area contributed by atoms with Crippen LogP contribution in [0.15, 0.2) is 47.4 Å². The lowest BCUT2D eigenvalue weighted by Gasteiger charge is -2.11. The summed E-state index contributed by atoms with van der Waals surface area (Å²) in [6, 6.07) is 10.9. The van der Waals surface area contributed by atoms with E-state index in [1.165, 1.54) is 18.2 Å². The first kappa shape index (κ1) is 18.1. The van der Waals surface area contributed by atoms with Crippen molar-refractivity contribution in [2.45, 2.75) is 18.7 Å². The predicted molar refractivity (Wildman–Crippen MR) is 94.1 cm³/mol. The van der Waals surface area contributed by atoms with Gasteiger partial charge in [-0.3, -0.25) is 10.0 Å². The lowest BCUT2D eigenvalue weighted by atomic mass is 10.2. The summed E-state index contributed by atoms with van der Waals surface area (Å²) in [4.78, 5) is 11.3. The van der Waals surface area contributed by atoms with Gasteiger partial charge in [-0.15, -0.1) is 0 Å². The smallest absolute Gasteiger partial charge is 0.411 e. The van der Waals surface area contributed by atoms with Gasteiger partial charge in [-0.2, -0.15) is 0 Å². The number of carbonyl (C=O) groups is 1. The first-order valence-corrected chi connectivity index (χ1v) is 9.01. The number of carbonyl (C=O) groups excluding carboxylic acids is 1. The van der Waals surface area contributed by atoms with Crippen LogP contribution >= 0.6 is 11.6 Å². The zero-order valence-electron chi connectivity index (χ0n) is 13.2. The molecule has 0 saturated heterocycles. The molecular weight excluding hydrogens is 352 g/mol. The summed E-state index contributed by atoms with van der Waals surface area (Å²) in [6.45, 7) is 3.79. The summed E-state index contributed by atoms with van der Waals surface area (Å²) < 4.78 is 32.0. The average Bonchev–Trinajstić information content (AvgIpc) is 2.48. The molecule has 2 rings (SSSR count). The minimum atomic E-state index is -3.80. The maximum atomic E-state index is 12.4. The third-order valence-corrected chi connectivity index (χ3v) is 4.90. The van der Waals surface area contributed by atoms with Gasteiger partial charge in [-0.25, -0.2) is 13.2 Å². The predicted octanol–water partition coefficient (Wildman–Crippen LogP) is 4.02. The molecule has 6 nitrogen and oxygen atoms in total. The summed E-state index contributed by atoms with van der Waals surface area (Å²) in [7, 11) is -3.80. The van der Waals surface area contributed by atoms with E-state index < -0.39 is 16.1 Å². The molecule has 24 heavy (non-hydrogen) atoms. The van der Waals surface area contributed by atoms with E-state index >= 15 is 0 Å². The van der Waals surface area contributed by atoms with Crippen LogP contribution in [0.5, 0.6) is 0 Å². The minimum Gasteiger partial charge on any atom is -0.450 e. The van der Waals surface area contributed by atoms with E-state index in [1.807, 2.05) is 6.92 Å². The second kappa shape index (κ2) is 7.55. The Labute approximate surface area is 145 Å². The summed E-state index contributed by atoms with van der Waals surface area (Å²) in [6.07, 6.45) is -0.572. The number of amides is 1. The Hall–Kier alpha value is -2.25. The number of nitrogens with one attached hydrogen (secondary N) is 2. The third-order valence-electron chi connectivity index (χ3n) is 3.04. The molecule has 0 radical (unpaired) electrons. The molecule has 8 heteroatoms. The number of aryl methyl sites for hydroxylation is 1. The molecule has 0 aliphatic heterocycles. The molecule has 0 aliphatic carbocycles. The van der Waals surface area contributed by atoms with Gasteiger partial charge in [-0.1, -0.05) is 17.7 Å². The van der Waals surface area contributed by atoms with Gasteiger partial charge in [-0.05, 0) is 55.8 Å². The molecule has 0 unspecified atom stereocenters. The van der Waals surface area contributed by atoms with Crippen LogP contribution in [0.25, 0.3) is 0 Å². The molecule has 0 aliphatic rings. The maximum Gasteiger partial charge on any atom is 0.411 e. The van der Waals surface area contributed by atoms with E-state index in [2.05, 4.69) is 10.0 Å². The van der Waals surface area contributed by atoms with E-state index in [0.29, 0.717) is 11.4 Å². The Morgan fingerprint density at radius 3 is 2.33 bits per heavy atom. The molecular formula is C16H17ClN2O4S. The normalized spacial score (nSPS) is 11.0. The second-order valence-corrected chi connectivity index (χ2v) is 7.02. The molecule has 0 saturated carbocycles. The SMILES string of the molecule is CCOC(=O)Nc1ccc(NS(=O)(=O)c2ccc(C)cc2Cl)cc1. The zero-order valence-corrected chi connectivity index (χ0v) is 14.7. The Morgan fingerprint density at radius 1 is 1.12 bits per heavy atom. The number of benzene rings is 2. The van der Waals surface area contributed by atoms with Crippen LogP contribution in [0.4, 0.5) is 16.2 Å². The summed E-state index contributed by atoms with van der Waals surface area (Å²) in [5.41, 5.74) is 1.71. The van der Waals surface area contributed by atoms with Gasteiger partial charge in [0.2, 0.25) is 0 Å². The number of rotatable bonds is 5. The number of hydrogen-bond donors (Lipinski definition) is 2. The first-order chi connectivity index (χ1) is 11.3. The van der Waals surface area contributed by atoms with Crippen molar-refractivity contribution < 1.29 is 17.9 Å². The van der Waals surface area contributed by atoms with Gasteiger partial charge in [0, 0.05) is 11.4 Å². The molecule has 0 atom stereocenters. The van der Waals surface area contributed by atoms with Gasteiger partial charge in [0.05, 0.1) is 11.6 Å². The highest BCUT2D eigenvalue weighted by Crippen LogP contribution is 2.25. The van der Waals surface area contributed by atoms with E-state index in [1.54, 1.807) is 31.2 Å². The van der Waals surface area contributed by atoms with Crippen LogP contribution in [-0.2, 0) is 14.8 Å². The maximum absolute atomic E-state index is 12.4. The van der Waals surface area contributed by atoms with Crippen LogP contribution in [0, 0.1) is 6.92 Å². The molecule has 0 spiro atoms. The highest BCUT2D eigenvalue weighted by atomic mass is 35.5. The van der Waals surface area contributed by atoms with Gasteiger partial charge >= 0.3 is 6.09 Å². The van der Waals surface area contributed by atoms with Gasteiger partial charge in [0.15, 0.2) is 0 Å². The molecule has 0 heterocycles. The molecule has 128 valence electrons. The van der Waals surface area contributed by atoms with Crippen molar-refractivity contribution in [2.24, 2.45) is 0 Å². The highest BCUT2D eigenvalue weighted by molar-refractivity contribution is 7.92. The molecule has 2 N–H and O–H groups in total. The largest absolute Gasteiger partial charge is 0.450 e. The Balaban J connectivity index is 2.14. The fourth-order valence-corrected chi connectivity index (χ4v) is 3.60. The number of ether oxygens (including phenoxy) is 1. The Morgan fingerprint density at radius 2 is 1.75 bits per heavy atom. The standard InChI is InChI=1S/C16H17ClN2O4S/c1-3-23-16(20)18-12-5-7-13(8-6-12)19-24(21,22)15-9-4-11(2)10-14(15)17/h4-10,19H,3H2,1-2H3,(H,18,20). The van der Waals surface area contributed by atoms with Crippen molar-refractivity contribution in [3.05, 3.63) is 53.1 Å². The summed E-state index contributed by atoms with van der Waals surface area (Å²) in [5, 5.41) is 2.68. The number of halogens is 1. The molecule has 0 aromatic heterocycles. The monoisotopic (exact) mass is 368 g/mol. The minimum absolute atomic E-state index is 0.00323. The number of hydrogen-bond acceptors (Lipinski definition) is 4. The number of anilines is 2. The zero-order chi connectivity index (χ0) is 17.7. The number of sulfonamides is 1. The van der Waals surface area contributed by atoms with Crippen LogP contribution < -0.4 is 10.0 Å². The van der Waals surface area contributed by atoms with E-state index in [-0.39, 0.29) is 16.5 Å². The summed E-state index contributed by atoms with van der Waals surface area (Å²) >= 11 is 6.01. The van der Waals surface area contributed by atoms with E-state index in [0.717, 1.165) is 5.56 Å². The Kier molecular flexibility index (Phi) is 5.69. The molecule has 1 amide bonds. The van der Waals surface area contributed by atoms with E-state index in [9.17, 15) is 13.2 Å². The first-order valence-electron chi connectivity index (χ1n) is 7.14. The highest BCUT2D eigenvalue weighted by Gasteiger charge is 2.18. The van der Waals surface area contributed by atoms with Gasteiger partial charge in [0.25, 0.3) is 10.0 Å². The third kappa shape index (κ3) is 4.62. The lowest BCUT2D eigenvalue weighted by molar-refractivity contribution is 0.168. The fourth-order valence-electron chi connectivity index (χ4n) is 1.94. The van der Waals surface area contributed by atoms with Crippen molar-refractivity contribution in [1.29, 1.82) is 0 Å². The van der Waals surface area contributed by atoms with Crippen molar-refractivity contribution >= 4 is 39.1 Å². The molecule has 2 aromatic carbocycles. The molecule has 2 aromatic rings. The molecule has 0 bridgehead atoms. The van der Waals surface area contributed by atoms with Crippen molar-refractivity contribution in [3.63, 3.8) is 0 Å². The lowest BCUT2D eigenvalue weighted by Crippen LogP contribution is -2.14. The van der Waals surface area contributed by atoms with Crippen LogP contribution in [-0.4, -0.2) is 21.1 Å². The van der Waals surface area contributed by atoms with Crippen molar-refractivity contribution in [3.8, 4) is 0 Å². The van der Waals surface area contributed by atoms with Crippen LogP contribution in [0.1, 0.15) is 12.5 Å². The van der Waals surface area contributed by atoms with Crippen molar-refractivity contribution in [2.75, 3.05) is 16.6 Å². The topological polar surface area (TPSA) is 84.5 Å². The van der Waals surface area contributed by atoms with Crippen molar-refractivity contribution in [1.82, 2.24) is 0 Å². The average molecular weight is 369 g/mol. The Bertz CT molecular complexity index is 836. The van der Waals surface area contributed by atoms with Gasteiger partial charge in [0.1, 0.15) is 4.90 Å². The van der Waals surface area contributed by atoms with Crippen LogP contribution in [0.2, 0.25) is 5.02 Å². The van der Waals surface area contributed by atoms with E-state index in [4.69, 9.17) is 16.3 Å². The second-order valence-electron chi connectivity index (χ2n) is 4.96.